The summed E-state index contributed by atoms with van der Waals surface area (Å²) >= 11 is 0. The quantitative estimate of drug-likeness (QED) is 0.295. The first-order valence-electron chi connectivity index (χ1n) is 17.3. The van der Waals surface area contributed by atoms with Crippen molar-refractivity contribution in [3.05, 3.63) is 58.7 Å². The zero-order valence-corrected chi connectivity index (χ0v) is 30.2. The molecule has 3 fully saturated rings. The third-order valence-electron chi connectivity index (χ3n) is 8.13. The summed E-state index contributed by atoms with van der Waals surface area (Å²) < 4.78 is 27.9. The van der Waals surface area contributed by atoms with Crippen LogP contribution in [0.4, 0.5) is 0 Å². The van der Waals surface area contributed by atoms with Crippen LogP contribution >= 0.6 is 0 Å². The first kappa shape index (κ1) is 38.2. The monoisotopic (exact) mass is 642 g/mol. The molecule has 0 spiro atoms. The molecule has 3 aliphatic rings. The molecule has 0 saturated carbocycles. The van der Waals surface area contributed by atoms with Crippen molar-refractivity contribution >= 4 is 0 Å². The number of β-amino-alcohol motifs (C(OH)–C–C–N with tert-alkyl or cyclic N) is 1. The Labute approximate surface area is 279 Å². The number of aliphatic hydroxyl groups is 1. The highest BCUT2D eigenvalue weighted by molar-refractivity contribution is 5.39. The summed E-state index contributed by atoms with van der Waals surface area (Å²) in [6.45, 7) is 27.4. The Balaban J connectivity index is 0.000000212. The van der Waals surface area contributed by atoms with Gasteiger partial charge in [-0.1, -0.05) is 63.1 Å². The van der Waals surface area contributed by atoms with Gasteiger partial charge >= 0.3 is 0 Å². The van der Waals surface area contributed by atoms with Gasteiger partial charge in [-0.3, -0.25) is 4.90 Å². The van der Waals surface area contributed by atoms with Crippen LogP contribution in [0, 0.1) is 13.8 Å². The molecule has 260 valence electrons. The maximum Gasteiger partial charge on any atom is 0.122 e. The van der Waals surface area contributed by atoms with E-state index in [1.54, 1.807) is 0 Å². The molecule has 46 heavy (non-hydrogen) atoms. The molecule has 0 radical (unpaired) electrons. The van der Waals surface area contributed by atoms with Crippen LogP contribution in [0.5, 0.6) is 11.5 Å². The third kappa shape index (κ3) is 13.9. The molecule has 2 aromatic rings. The Morgan fingerprint density at radius 3 is 1.70 bits per heavy atom. The van der Waals surface area contributed by atoms with Crippen molar-refractivity contribution in [2.75, 3.05) is 52.5 Å². The predicted molar refractivity (Wildman–Crippen MR) is 187 cm³/mol. The van der Waals surface area contributed by atoms with Crippen LogP contribution in [0.15, 0.2) is 36.4 Å². The van der Waals surface area contributed by atoms with E-state index in [4.69, 9.17) is 23.7 Å². The SMILES string of the molecule is CC1CNCC(C)O1.Cc1ccc(OCC(O)CN2CC(C)OC(C)C2)c(C(C)C)c1.Cc1ccc(OCC2CO2)c(C(C)C)c1. The van der Waals surface area contributed by atoms with Crippen LogP contribution in [-0.4, -0.2) is 99.2 Å². The third-order valence-corrected chi connectivity index (χ3v) is 8.13. The number of nitrogens with zero attached hydrogens (tertiary/aromatic N) is 1. The number of hydrogen-bond donors (Lipinski definition) is 2. The van der Waals surface area contributed by atoms with Gasteiger partial charge in [0.1, 0.15) is 36.9 Å². The lowest BCUT2D eigenvalue weighted by Gasteiger charge is -2.36. The van der Waals surface area contributed by atoms with Gasteiger partial charge in [-0.25, -0.2) is 0 Å². The summed E-state index contributed by atoms with van der Waals surface area (Å²) in [5.41, 5.74) is 5.01. The van der Waals surface area contributed by atoms with E-state index in [2.05, 4.69) is 110 Å². The van der Waals surface area contributed by atoms with Crippen molar-refractivity contribution < 1.29 is 28.8 Å². The molecule has 0 aromatic heterocycles. The van der Waals surface area contributed by atoms with E-state index in [0.29, 0.717) is 49.9 Å². The molecular formula is C38H62N2O6. The Hall–Kier alpha value is -2.20. The van der Waals surface area contributed by atoms with Crippen molar-refractivity contribution in [1.82, 2.24) is 10.2 Å². The lowest BCUT2D eigenvalue weighted by Crippen LogP contribution is -2.48. The van der Waals surface area contributed by atoms with Gasteiger partial charge in [-0.05, 0) is 76.6 Å². The smallest absolute Gasteiger partial charge is 0.122 e. The highest BCUT2D eigenvalue weighted by atomic mass is 16.6. The highest BCUT2D eigenvalue weighted by Gasteiger charge is 2.25. The van der Waals surface area contributed by atoms with Gasteiger partial charge in [0.15, 0.2) is 0 Å². The number of rotatable bonds is 10. The van der Waals surface area contributed by atoms with E-state index in [9.17, 15) is 5.11 Å². The Bertz CT molecular complexity index is 1150. The van der Waals surface area contributed by atoms with Gasteiger partial charge in [0.2, 0.25) is 0 Å². The first-order valence-corrected chi connectivity index (χ1v) is 17.3. The van der Waals surface area contributed by atoms with Crippen molar-refractivity contribution in [3.63, 3.8) is 0 Å². The van der Waals surface area contributed by atoms with Gasteiger partial charge in [0.05, 0.1) is 31.0 Å². The van der Waals surface area contributed by atoms with Crippen molar-refractivity contribution in [3.8, 4) is 11.5 Å². The van der Waals surface area contributed by atoms with E-state index in [1.807, 2.05) is 6.07 Å². The molecule has 2 aromatic carbocycles. The standard InChI is InChI=1S/C19H31NO3.C13H18O2.C6H13NO/c1-13(2)18-8-14(3)6-7-19(18)22-12-17(21)11-20-9-15(4)23-16(5)10-20;1-9(2)12-6-10(3)4-5-13(12)15-8-11-7-14-11;1-5-3-7-4-6(2)8-5/h6-8,13,15-17,21H,9-12H2,1-5H3;4-6,9,11H,7-8H2,1-3H3;5-7H,3-4H2,1-2H3. The average molecular weight is 643 g/mol. The Morgan fingerprint density at radius 2 is 1.26 bits per heavy atom. The van der Waals surface area contributed by atoms with Crippen LogP contribution < -0.4 is 14.8 Å². The molecule has 5 rings (SSSR count). The molecule has 6 unspecified atom stereocenters. The average Bonchev–Trinajstić information content (AvgIpc) is 3.80. The molecule has 2 N–H and O–H groups in total. The van der Waals surface area contributed by atoms with Gasteiger partial charge in [-0.2, -0.15) is 0 Å². The second-order valence-electron chi connectivity index (χ2n) is 14.0. The number of benzene rings is 2. The molecule has 8 nitrogen and oxygen atoms in total. The summed E-state index contributed by atoms with van der Waals surface area (Å²) in [6, 6.07) is 12.6. The minimum absolute atomic E-state index is 0.219. The van der Waals surface area contributed by atoms with E-state index in [1.165, 1.54) is 22.3 Å². The number of epoxide rings is 1. The van der Waals surface area contributed by atoms with Crippen molar-refractivity contribution in [1.29, 1.82) is 0 Å². The molecule has 3 saturated heterocycles. The van der Waals surface area contributed by atoms with Gasteiger partial charge in [-0.15, -0.1) is 0 Å². The fourth-order valence-electron chi connectivity index (χ4n) is 5.80. The van der Waals surface area contributed by atoms with Crippen LogP contribution in [0.25, 0.3) is 0 Å². The fraction of sp³-hybridized carbons (Fsp3) is 0.684. The van der Waals surface area contributed by atoms with E-state index >= 15 is 0 Å². The minimum atomic E-state index is -0.492. The lowest BCUT2D eigenvalue weighted by atomic mass is 10.00. The van der Waals surface area contributed by atoms with E-state index in [-0.39, 0.29) is 12.2 Å². The number of aryl methyl sites for hydroxylation is 2. The summed E-state index contributed by atoms with van der Waals surface area (Å²) in [6.07, 6.45) is 1.07. The molecule has 6 atom stereocenters. The second kappa shape index (κ2) is 19.0. The second-order valence-corrected chi connectivity index (χ2v) is 14.0. The summed E-state index contributed by atoms with van der Waals surface area (Å²) in [5, 5.41) is 13.6. The molecule has 0 aliphatic carbocycles. The number of hydrogen-bond acceptors (Lipinski definition) is 8. The van der Waals surface area contributed by atoms with Crippen LogP contribution in [0.1, 0.15) is 89.5 Å². The van der Waals surface area contributed by atoms with E-state index < -0.39 is 6.10 Å². The van der Waals surface area contributed by atoms with Crippen molar-refractivity contribution in [2.45, 2.75) is 118 Å². The van der Waals surface area contributed by atoms with Gasteiger partial charge < -0.3 is 34.1 Å². The molecule has 3 aliphatic heterocycles. The summed E-state index contributed by atoms with van der Waals surface area (Å²) in [7, 11) is 0. The molecule has 3 heterocycles. The topological polar surface area (TPSA) is 85.0 Å². The lowest BCUT2D eigenvalue weighted by molar-refractivity contribution is -0.0787. The first-order chi connectivity index (χ1) is 21.8. The largest absolute Gasteiger partial charge is 0.491 e. The molecule has 0 amide bonds. The molecule has 8 heteroatoms. The van der Waals surface area contributed by atoms with Gasteiger partial charge in [0.25, 0.3) is 0 Å². The number of ether oxygens (including phenoxy) is 5. The van der Waals surface area contributed by atoms with Crippen LogP contribution in [-0.2, 0) is 14.2 Å². The zero-order valence-electron chi connectivity index (χ0n) is 30.2. The fourth-order valence-corrected chi connectivity index (χ4v) is 5.80. The number of nitrogens with one attached hydrogen (secondary N) is 1. The summed E-state index contributed by atoms with van der Waals surface area (Å²) in [5.74, 6) is 2.79. The Kier molecular flexibility index (Phi) is 15.8. The molecular weight excluding hydrogens is 580 g/mol. The van der Waals surface area contributed by atoms with Crippen molar-refractivity contribution in [2.24, 2.45) is 0 Å². The number of aliphatic hydroxyl groups excluding tert-OH is 1. The maximum atomic E-state index is 10.3. The maximum absolute atomic E-state index is 10.3. The zero-order chi connectivity index (χ0) is 33.8. The number of morpholine rings is 2. The Morgan fingerprint density at radius 1 is 0.783 bits per heavy atom. The molecule has 0 bridgehead atoms. The van der Waals surface area contributed by atoms with Crippen LogP contribution in [0.2, 0.25) is 0 Å². The van der Waals surface area contributed by atoms with Gasteiger partial charge in [0, 0.05) is 32.7 Å². The predicted octanol–water partition coefficient (Wildman–Crippen LogP) is 6.25. The highest BCUT2D eigenvalue weighted by Crippen LogP contribution is 2.29. The minimum Gasteiger partial charge on any atom is -0.491 e. The van der Waals surface area contributed by atoms with Crippen LogP contribution in [0.3, 0.4) is 0 Å². The normalized spacial score (nSPS) is 25.2. The summed E-state index contributed by atoms with van der Waals surface area (Å²) in [4.78, 5) is 2.26. The van der Waals surface area contributed by atoms with E-state index in [0.717, 1.165) is 44.3 Å².